The lowest BCUT2D eigenvalue weighted by molar-refractivity contribution is 0.333. The van der Waals surface area contributed by atoms with Gasteiger partial charge < -0.3 is 15.1 Å². The number of rotatable bonds is 2. The quantitative estimate of drug-likeness (QED) is 0.821. The molecule has 0 spiro atoms. The zero-order chi connectivity index (χ0) is 11.7. The van der Waals surface area contributed by atoms with Crippen molar-refractivity contribution in [1.82, 2.24) is 15.6 Å². The highest BCUT2D eigenvalue weighted by molar-refractivity contribution is 5.17. The van der Waals surface area contributed by atoms with E-state index in [4.69, 9.17) is 9.40 Å². The lowest BCUT2D eigenvalue weighted by atomic mass is 10.0. The van der Waals surface area contributed by atoms with E-state index in [0.29, 0.717) is 12.0 Å². The summed E-state index contributed by atoms with van der Waals surface area (Å²) in [7, 11) is 0. The van der Waals surface area contributed by atoms with E-state index in [1.807, 2.05) is 6.92 Å². The molecule has 2 atom stereocenters. The minimum Gasteiger partial charge on any atom is -0.444 e. The first-order chi connectivity index (χ1) is 8.34. The van der Waals surface area contributed by atoms with Crippen molar-refractivity contribution in [2.45, 2.75) is 44.6 Å². The molecule has 4 heteroatoms. The molecule has 0 saturated carbocycles. The normalized spacial score (nSPS) is 29.7. The van der Waals surface area contributed by atoms with Gasteiger partial charge in [-0.1, -0.05) is 6.42 Å². The Morgan fingerprint density at radius 3 is 2.88 bits per heavy atom. The molecule has 0 bridgehead atoms. The Morgan fingerprint density at radius 2 is 2.18 bits per heavy atom. The highest BCUT2D eigenvalue weighted by atomic mass is 16.4. The van der Waals surface area contributed by atoms with Crippen molar-refractivity contribution in [2.24, 2.45) is 0 Å². The summed E-state index contributed by atoms with van der Waals surface area (Å²) in [4.78, 5) is 4.75. The summed E-state index contributed by atoms with van der Waals surface area (Å²) in [6.07, 6.45) is 4.89. The predicted molar refractivity (Wildman–Crippen MR) is 66.1 cm³/mol. The van der Waals surface area contributed by atoms with Crippen LogP contribution < -0.4 is 10.6 Å². The van der Waals surface area contributed by atoms with E-state index in [1.54, 1.807) is 0 Å². The van der Waals surface area contributed by atoms with E-state index in [-0.39, 0.29) is 0 Å². The van der Waals surface area contributed by atoms with Gasteiger partial charge in [-0.05, 0) is 39.3 Å². The third-order valence-corrected chi connectivity index (χ3v) is 3.90. The van der Waals surface area contributed by atoms with Crippen LogP contribution in [0, 0.1) is 6.92 Å². The van der Waals surface area contributed by atoms with Crippen LogP contribution in [-0.2, 0) is 0 Å². The molecule has 17 heavy (non-hydrogen) atoms. The maximum Gasteiger partial charge on any atom is 0.211 e. The van der Waals surface area contributed by atoms with Gasteiger partial charge in [0.05, 0.1) is 11.7 Å². The third kappa shape index (κ3) is 2.24. The second-order valence-corrected chi connectivity index (χ2v) is 5.19. The maximum atomic E-state index is 5.87. The molecule has 0 radical (unpaired) electrons. The molecule has 1 aromatic rings. The van der Waals surface area contributed by atoms with E-state index < -0.39 is 0 Å². The molecular weight excluding hydrogens is 214 g/mol. The van der Waals surface area contributed by atoms with Gasteiger partial charge in [-0.15, -0.1) is 0 Å². The first-order valence-electron chi connectivity index (χ1n) is 6.76. The average Bonchev–Trinajstić information content (AvgIpc) is 2.99. The van der Waals surface area contributed by atoms with Crippen LogP contribution in [0.25, 0.3) is 0 Å². The number of hydrogen-bond acceptors (Lipinski definition) is 4. The fourth-order valence-electron chi connectivity index (χ4n) is 2.91. The number of nitrogens with one attached hydrogen (secondary N) is 2. The highest BCUT2D eigenvalue weighted by Gasteiger charge is 2.26. The average molecular weight is 235 g/mol. The lowest BCUT2D eigenvalue weighted by Gasteiger charge is -2.20. The Morgan fingerprint density at radius 1 is 1.24 bits per heavy atom. The fourth-order valence-corrected chi connectivity index (χ4v) is 2.91. The largest absolute Gasteiger partial charge is 0.444 e. The summed E-state index contributed by atoms with van der Waals surface area (Å²) in [5.74, 6) is 2.47. The maximum absolute atomic E-state index is 5.87. The predicted octanol–water partition coefficient (Wildman–Crippen LogP) is 1.87. The third-order valence-electron chi connectivity index (χ3n) is 3.90. The van der Waals surface area contributed by atoms with Crippen LogP contribution >= 0.6 is 0 Å². The van der Waals surface area contributed by atoms with Crippen LogP contribution in [0.3, 0.4) is 0 Å². The summed E-state index contributed by atoms with van der Waals surface area (Å²) in [6.45, 7) is 5.29. The summed E-state index contributed by atoms with van der Waals surface area (Å²) >= 11 is 0. The highest BCUT2D eigenvalue weighted by Crippen LogP contribution is 2.29. The number of hydrogen-bond donors (Lipinski definition) is 2. The summed E-state index contributed by atoms with van der Waals surface area (Å²) in [5, 5.41) is 6.88. The number of aryl methyl sites for hydroxylation is 1. The molecule has 94 valence electrons. The van der Waals surface area contributed by atoms with E-state index in [9.17, 15) is 0 Å². The van der Waals surface area contributed by atoms with Gasteiger partial charge in [0.25, 0.3) is 0 Å². The van der Waals surface area contributed by atoms with E-state index >= 15 is 0 Å². The van der Waals surface area contributed by atoms with Gasteiger partial charge in [0.15, 0.2) is 0 Å². The van der Waals surface area contributed by atoms with Gasteiger partial charge in [-0.3, -0.25) is 0 Å². The van der Waals surface area contributed by atoms with E-state index in [0.717, 1.165) is 37.7 Å². The van der Waals surface area contributed by atoms with Crippen molar-refractivity contribution in [3.05, 3.63) is 17.3 Å². The van der Waals surface area contributed by atoms with E-state index in [1.165, 1.54) is 25.0 Å². The number of nitrogens with zero attached hydrogens (tertiary/aromatic N) is 1. The molecule has 1 aromatic heterocycles. The Kier molecular flexibility index (Phi) is 3.16. The molecule has 0 aromatic carbocycles. The van der Waals surface area contributed by atoms with Crippen molar-refractivity contribution in [3.8, 4) is 0 Å². The van der Waals surface area contributed by atoms with Gasteiger partial charge in [0.2, 0.25) is 5.89 Å². The molecular formula is C13H21N3O. The Hall–Kier alpha value is -0.870. The van der Waals surface area contributed by atoms with Crippen molar-refractivity contribution in [2.75, 3.05) is 19.6 Å². The SMILES string of the molecule is Cc1oc(C2CCCCN2)nc1C1CCNC1. The summed E-state index contributed by atoms with van der Waals surface area (Å²) in [5.41, 5.74) is 1.18. The number of oxazole rings is 1. The van der Waals surface area contributed by atoms with Crippen LogP contribution in [0.5, 0.6) is 0 Å². The van der Waals surface area contributed by atoms with Crippen LogP contribution in [-0.4, -0.2) is 24.6 Å². The molecule has 3 heterocycles. The Balaban J connectivity index is 1.79. The zero-order valence-corrected chi connectivity index (χ0v) is 10.5. The second kappa shape index (κ2) is 4.78. The molecule has 3 rings (SSSR count). The topological polar surface area (TPSA) is 50.1 Å². The first kappa shape index (κ1) is 11.2. The molecule has 2 N–H and O–H groups in total. The standard InChI is InChI=1S/C13H21N3O/c1-9-12(10-5-7-14-8-10)16-13(17-9)11-4-2-3-6-15-11/h10-11,14-15H,2-8H2,1H3. The fraction of sp³-hybridized carbons (Fsp3) is 0.769. The van der Waals surface area contributed by atoms with Crippen LogP contribution in [0.2, 0.25) is 0 Å². The van der Waals surface area contributed by atoms with Crippen LogP contribution in [0.1, 0.15) is 55.0 Å². The minimum atomic E-state index is 0.338. The van der Waals surface area contributed by atoms with Gasteiger partial charge in [0, 0.05) is 12.5 Å². The van der Waals surface area contributed by atoms with Gasteiger partial charge in [0.1, 0.15) is 5.76 Å². The van der Waals surface area contributed by atoms with E-state index in [2.05, 4.69) is 10.6 Å². The number of piperidine rings is 1. The summed E-state index contributed by atoms with van der Waals surface area (Å²) < 4.78 is 5.87. The molecule has 0 amide bonds. The van der Waals surface area contributed by atoms with Crippen LogP contribution in [0.15, 0.2) is 4.42 Å². The minimum absolute atomic E-state index is 0.338. The molecule has 2 unspecified atom stereocenters. The molecule has 2 aliphatic heterocycles. The van der Waals surface area contributed by atoms with Crippen molar-refractivity contribution in [1.29, 1.82) is 0 Å². The van der Waals surface area contributed by atoms with Gasteiger partial charge in [-0.2, -0.15) is 0 Å². The van der Waals surface area contributed by atoms with Crippen molar-refractivity contribution in [3.63, 3.8) is 0 Å². The van der Waals surface area contributed by atoms with Crippen molar-refractivity contribution >= 4 is 0 Å². The zero-order valence-electron chi connectivity index (χ0n) is 10.5. The second-order valence-electron chi connectivity index (χ2n) is 5.19. The number of aromatic nitrogens is 1. The first-order valence-corrected chi connectivity index (χ1v) is 6.76. The molecule has 2 fully saturated rings. The van der Waals surface area contributed by atoms with Crippen LogP contribution in [0.4, 0.5) is 0 Å². The summed E-state index contributed by atoms with van der Waals surface area (Å²) in [6, 6.07) is 0.338. The monoisotopic (exact) mass is 235 g/mol. The lowest BCUT2D eigenvalue weighted by Crippen LogP contribution is -2.27. The Bertz CT molecular complexity index is 376. The Labute approximate surface area is 102 Å². The van der Waals surface area contributed by atoms with Gasteiger partial charge >= 0.3 is 0 Å². The van der Waals surface area contributed by atoms with Crippen molar-refractivity contribution < 1.29 is 4.42 Å². The van der Waals surface area contributed by atoms with Gasteiger partial charge in [-0.25, -0.2) is 4.98 Å². The molecule has 4 nitrogen and oxygen atoms in total. The molecule has 2 saturated heterocycles. The molecule has 0 aliphatic carbocycles. The molecule has 2 aliphatic rings. The smallest absolute Gasteiger partial charge is 0.211 e.